The summed E-state index contributed by atoms with van der Waals surface area (Å²) in [5, 5.41) is 7.85. The van der Waals surface area contributed by atoms with Crippen LogP contribution in [0.4, 0.5) is 0 Å². The largest absolute Gasteiger partial charge is 0.313 e. The molecule has 0 fully saturated rings. The van der Waals surface area contributed by atoms with E-state index in [1.54, 1.807) is 6.33 Å². The highest BCUT2D eigenvalue weighted by molar-refractivity contribution is 7.99. The van der Waals surface area contributed by atoms with Crippen LogP contribution in [0.2, 0.25) is 0 Å². The van der Waals surface area contributed by atoms with E-state index in [0.29, 0.717) is 6.04 Å². The summed E-state index contributed by atoms with van der Waals surface area (Å²) in [5.74, 6) is 3.50. The number of aromatic nitrogens is 3. The Labute approximate surface area is 115 Å². The Balaban J connectivity index is 2.48. The summed E-state index contributed by atoms with van der Waals surface area (Å²) in [4.78, 5) is 4.37. The lowest BCUT2D eigenvalue weighted by atomic mass is 10.2. The maximum atomic E-state index is 4.37. The maximum absolute atomic E-state index is 4.37. The van der Waals surface area contributed by atoms with Crippen LogP contribution in [-0.4, -0.2) is 38.9 Å². The van der Waals surface area contributed by atoms with Gasteiger partial charge in [0.25, 0.3) is 0 Å². The van der Waals surface area contributed by atoms with Crippen molar-refractivity contribution < 1.29 is 0 Å². The molecule has 0 radical (unpaired) electrons. The van der Waals surface area contributed by atoms with Gasteiger partial charge in [-0.25, -0.2) is 4.98 Å². The fourth-order valence-corrected chi connectivity index (χ4v) is 2.81. The van der Waals surface area contributed by atoms with Gasteiger partial charge in [-0.05, 0) is 32.1 Å². The van der Waals surface area contributed by atoms with Gasteiger partial charge in [0.2, 0.25) is 0 Å². The van der Waals surface area contributed by atoms with E-state index in [1.807, 2.05) is 16.4 Å². The molecule has 0 aromatic carbocycles. The van der Waals surface area contributed by atoms with Crippen molar-refractivity contribution in [2.75, 3.05) is 18.1 Å². The first kappa shape index (κ1) is 15.5. The van der Waals surface area contributed by atoms with Gasteiger partial charge in [0.05, 0.1) is 0 Å². The van der Waals surface area contributed by atoms with E-state index >= 15 is 0 Å². The van der Waals surface area contributed by atoms with Crippen molar-refractivity contribution in [1.82, 2.24) is 20.1 Å². The van der Waals surface area contributed by atoms with E-state index < -0.39 is 0 Å². The van der Waals surface area contributed by atoms with Crippen LogP contribution in [0.3, 0.4) is 0 Å². The number of aryl methyl sites for hydroxylation is 1. The van der Waals surface area contributed by atoms with Gasteiger partial charge < -0.3 is 5.32 Å². The van der Waals surface area contributed by atoms with E-state index in [9.17, 15) is 0 Å². The second-order valence-electron chi connectivity index (χ2n) is 4.42. The third-order valence-corrected chi connectivity index (χ3v) is 4.11. The Morgan fingerprint density at radius 3 is 2.83 bits per heavy atom. The number of nitrogens with zero attached hydrogens (tertiary/aromatic N) is 3. The van der Waals surface area contributed by atoms with Gasteiger partial charge >= 0.3 is 0 Å². The van der Waals surface area contributed by atoms with Crippen molar-refractivity contribution in [2.24, 2.45) is 0 Å². The lowest BCUT2D eigenvalue weighted by Crippen LogP contribution is -2.35. The van der Waals surface area contributed by atoms with Crippen LogP contribution in [0.1, 0.15) is 39.4 Å². The average molecular weight is 270 g/mol. The normalized spacial score (nSPS) is 12.8. The maximum Gasteiger partial charge on any atom is 0.138 e. The lowest BCUT2D eigenvalue weighted by Gasteiger charge is -2.17. The van der Waals surface area contributed by atoms with E-state index in [0.717, 1.165) is 31.1 Å². The molecule has 0 spiro atoms. The van der Waals surface area contributed by atoms with Crippen LogP contribution < -0.4 is 5.32 Å². The van der Waals surface area contributed by atoms with E-state index in [4.69, 9.17) is 0 Å². The van der Waals surface area contributed by atoms with Crippen molar-refractivity contribution in [3.05, 3.63) is 12.2 Å². The SMILES string of the molecule is CCCNC(CSCCC)Cc1ncnn1CC. The smallest absolute Gasteiger partial charge is 0.138 e. The molecule has 0 aliphatic heterocycles. The van der Waals surface area contributed by atoms with Crippen LogP contribution in [0.15, 0.2) is 6.33 Å². The topological polar surface area (TPSA) is 42.7 Å². The molecule has 1 rings (SSSR count). The summed E-state index contributed by atoms with van der Waals surface area (Å²) in [6, 6.07) is 0.510. The number of rotatable bonds is 10. The Bertz CT molecular complexity index is 314. The summed E-state index contributed by atoms with van der Waals surface area (Å²) < 4.78 is 1.99. The monoisotopic (exact) mass is 270 g/mol. The first-order chi connectivity index (χ1) is 8.81. The Morgan fingerprint density at radius 2 is 2.17 bits per heavy atom. The molecule has 1 N–H and O–H groups in total. The highest BCUT2D eigenvalue weighted by Crippen LogP contribution is 2.09. The van der Waals surface area contributed by atoms with Crippen molar-refractivity contribution in [1.29, 1.82) is 0 Å². The molecule has 0 saturated carbocycles. The number of thioether (sulfide) groups is 1. The molecule has 1 unspecified atom stereocenters. The Kier molecular flexibility index (Phi) is 8.09. The molecule has 5 heteroatoms. The highest BCUT2D eigenvalue weighted by Gasteiger charge is 2.12. The summed E-state index contributed by atoms with van der Waals surface area (Å²) in [5.41, 5.74) is 0. The fraction of sp³-hybridized carbons (Fsp3) is 0.846. The summed E-state index contributed by atoms with van der Waals surface area (Å²) in [7, 11) is 0. The van der Waals surface area contributed by atoms with Gasteiger partial charge in [0.15, 0.2) is 0 Å². The summed E-state index contributed by atoms with van der Waals surface area (Å²) >= 11 is 2.03. The zero-order valence-corrected chi connectivity index (χ0v) is 12.7. The van der Waals surface area contributed by atoms with Crippen LogP contribution >= 0.6 is 11.8 Å². The van der Waals surface area contributed by atoms with E-state index in [2.05, 4.69) is 36.2 Å². The Hall–Kier alpha value is -0.550. The van der Waals surface area contributed by atoms with Crippen LogP contribution in [0, 0.1) is 0 Å². The molecule has 0 bridgehead atoms. The molecule has 0 aliphatic carbocycles. The summed E-state index contributed by atoms with van der Waals surface area (Å²) in [6.07, 6.45) is 5.06. The van der Waals surface area contributed by atoms with Gasteiger partial charge in [-0.1, -0.05) is 13.8 Å². The van der Waals surface area contributed by atoms with Crippen molar-refractivity contribution in [3.63, 3.8) is 0 Å². The van der Waals surface area contributed by atoms with Gasteiger partial charge in [-0.2, -0.15) is 16.9 Å². The summed E-state index contributed by atoms with van der Waals surface area (Å²) in [6.45, 7) is 8.53. The van der Waals surface area contributed by atoms with Crippen molar-refractivity contribution in [3.8, 4) is 0 Å². The van der Waals surface area contributed by atoms with Crippen LogP contribution in [0.5, 0.6) is 0 Å². The average Bonchev–Trinajstić information content (AvgIpc) is 2.83. The van der Waals surface area contributed by atoms with Crippen LogP contribution in [0.25, 0.3) is 0 Å². The minimum atomic E-state index is 0.510. The molecule has 104 valence electrons. The molecule has 4 nitrogen and oxygen atoms in total. The molecule has 0 amide bonds. The standard InChI is InChI=1S/C13H26N4S/c1-4-7-14-12(10-18-8-5-2)9-13-15-11-16-17(13)6-3/h11-12,14H,4-10H2,1-3H3. The van der Waals surface area contributed by atoms with Crippen LogP contribution in [-0.2, 0) is 13.0 Å². The number of hydrogen-bond donors (Lipinski definition) is 1. The molecule has 18 heavy (non-hydrogen) atoms. The van der Waals surface area contributed by atoms with Gasteiger partial charge in [0.1, 0.15) is 12.2 Å². The zero-order valence-electron chi connectivity index (χ0n) is 11.9. The van der Waals surface area contributed by atoms with E-state index in [-0.39, 0.29) is 0 Å². The van der Waals surface area contributed by atoms with Gasteiger partial charge in [-0.3, -0.25) is 4.68 Å². The first-order valence-corrected chi connectivity index (χ1v) is 8.15. The minimum absolute atomic E-state index is 0.510. The molecular weight excluding hydrogens is 244 g/mol. The third kappa shape index (κ3) is 5.40. The molecule has 0 saturated heterocycles. The first-order valence-electron chi connectivity index (χ1n) is 6.99. The third-order valence-electron chi connectivity index (χ3n) is 2.77. The predicted octanol–water partition coefficient (Wildman–Crippen LogP) is 2.35. The molecule has 1 aromatic heterocycles. The Morgan fingerprint density at radius 1 is 1.33 bits per heavy atom. The fourth-order valence-electron chi connectivity index (χ4n) is 1.84. The quantitative estimate of drug-likeness (QED) is 0.663. The number of nitrogens with one attached hydrogen (secondary N) is 1. The van der Waals surface area contributed by atoms with Crippen molar-refractivity contribution >= 4 is 11.8 Å². The second-order valence-corrected chi connectivity index (χ2v) is 5.57. The number of hydrogen-bond acceptors (Lipinski definition) is 4. The molecular formula is C13H26N4S. The zero-order chi connectivity index (χ0) is 13.2. The molecule has 1 heterocycles. The minimum Gasteiger partial charge on any atom is -0.313 e. The molecule has 1 atom stereocenters. The molecule has 0 aliphatic rings. The lowest BCUT2D eigenvalue weighted by molar-refractivity contribution is 0.514. The van der Waals surface area contributed by atoms with Crippen molar-refractivity contribution in [2.45, 2.75) is 52.6 Å². The predicted molar refractivity (Wildman–Crippen MR) is 79.1 cm³/mol. The second kappa shape index (κ2) is 9.39. The van der Waals surface area contributed by atoms with Gasteiger partial charge in [-0.15, -0.1) is 0 Å². The highest BCUT2D eigenvalue weighted by atomic mass is 32.2. The van der Waals surface area contributed by atoms with Gasteiger partial charge in [0, 0.05) is 24.8 Å². The molecule has 1 aromatic rings. The van der Waals surface area contributed by atoms with E-state index in [1.165, 1.54) is 18.6 Å².